The molecule has 5 nitrogen and oxygen atoms in total. The Kier molecular flexibility index (Phi) is 5.52. The van der Waals surface area contributed by atoms with Gasteiger partial charge in [0.1, 0.15) is 5.82 Å². The van der Waals surface area contributed by atoms with Crippen molar-refractivity contribution in [3.05, 3.63) is 36.4 Å². The highest BCUT2D eigenvalue weighted by Gasteiger charge is 2.17. The summed E-state index contributed by atoms with van der Waals surface area (Å²) in [4.78, 5) is 17.3. The Morgan fingerprint density at radius 2 is 2.42 bits per heavy atom. The quantitative estimate of drug-likeness (QED) is 0.842. The smallest absolute Gasteiger partial charge is 0.224 e. The van der Waals surface area contributed by atoms with Crippen LogP contribution in [0, 0.1) is 11.7 Å². The zero-order valence-electron chi connectivity index (χ0n) is 13.6. The first kappa shape index (κ1) is 17.0. The number of imidazole rings is 1. The second kappa shape index (κ2) is 7.81. The molecule has 0 radical (unpaired) electrons. The fourth-order valence-electron chi connectivity index (χ4n) is 2.75. The molecule has 128 valence electrons. The molecule has 1 amide bonds. The molecule has 1 fully saturated rings. The monoisotopic (exact) mass is 348 g/mol. The van der Waals surface area contributed by atoms with Crippen LogP contribution in [0.2, 0.25) is 0 Å². The molecule has 1 aliphatic rings. The number of halogens is 1. The lowest BCUT2D eigenvalue weighted by Crippen LogP contribution is -2.15. The normalized spacial score (nSPS) is 17.2. The fourth-order valence-corrected chi connectivity index (χ4v) is 3.62. The van der Waals surface area contributed by atoms with Gasteiger partial charge >= 0.3 is 0 Å². The first-order valence-electron chi connectivity index (χ1n) is 8.07. The third kappa shape index (κ3) is 4.36. The van der Waals surface area contributed by atoms with Crippen molar-refractivity contribution in [1.82, 2.24) is 14.9 Å². The first-order chi connectivity index (χ1) is 11.6. The molecule has 1 unspecified atom stereocenters. The van der Waals surface area contributed by atoms with E-state index < -0.39 is 0 Å². The van der Waals surface area contributed by atoms with Gasteiger partial charge in [-0.15, -0.1) is 0 Å². The molecule has 1 saturated heterocycles. The van der Waals surface area contributed by atoms with Gasteiger partial charge in [0.25, 0.3) is 0 Å². The number of hydrogen-bond acceptors (Lipinski definition) is 4. The molecule has 1 aliphatic heterocycles. The number of carbonyl (C=O) groups excluding carboxylic acids is 1. The van der Waals surface area contributed by atoms with Gasteiger partial charge in [-0.25, -0.2) is 9.37 Å². The summed E-state index contributed by atoms with van der Waals surface area (Å²) < 4.78 is 15.5. The Morgan fingerprint density at radius 3 is 3.12 bits per heavy atom. The predicted octanol–water partition coefficient (Wildman–Crippen LogP) is 3.04. The van der Waals surface area contributed by atoms with Crippen LogP contribution in [0.4, 0.5) is 10.1 Å². The van der Waals surface area contributed by atoms with Gasteiger partial charge in [-0.05, 0) is 61.8 Å². The number of benzene rings is 1. The topological polar surface area (TPSA) is 59.0 Å². The fraction of sp³-hybridized carbons (Fsp3) is 0.412. The van der Waals surface area contributed by atoms with Crippen LogP contribution < -0.4 is 10.6 Å². The molecule has 2 N–H and O–H groups in total. The number of hydrogen-bond donors (Lipinski definition) is 2. The van der Waals surface area contributed by atoms with Gasteiger partial charge in [0.15, 0.2) is 5.16 Å². The van der Waals surface area contributed by atoms with Gasteiger partial charge < -0.3 is 15.2 Å². The van der Waals surface area contributed by atoms with Gasteiger partial charge in [0, 0.05) is 30.8 Å². The Hall–Kier alpha value is -1.86. The zero-order chi connectivity index (χ0) is 16.9. The van der Waals surface area contributed by atoms with Crippen molar-refractivity contribution >= 4 is 23.4 Å². The molecular formula is C17H21FN4OS. The summed E-state index contributed by atoms with van der Waals surface area (Å²) in [6.07, 6.45) is 5.98. The molecule has 3 rings (SSSR count). The van der Waals surface area contributed by atoms with Crippen LogP contribution in [0.1, 0.15) is 19.3 Å². The van der Waals surface area contributed by atoms with Crippen LogP contribution in [-0.2, 0) is 11.8 Å². The second-order valence-electron chi connectivity index (χ2n) is 6.01. The number of rotatable bonds is 6. The summed E-state index contributed by atoms with van der Waals surface area (Å²) >= 11 is 1.40. The highest BCUT2D eigenvalue weighted by Crippen LogP contribution is 2.33. The predicted molar refractivity (Wildman–Crippen MR) is 92.6 cm³/mol. The molecule has 0 bridgehead atoms. The van der Waals surface area contributed by atoms with E-state index >= 15 is 0 Å². The average Bonchev–Trinajstić information content (AvgIpc) is 3.20. The van der Waals surface area contributed by atoms with Gasteiger partial charge in [-0.2, -0.15) is 0 Å². The minimum absolute atomic E-state index is 0.0748. The lowest BCUT2D eigenvalue weighted by molar-refractivity contribution is -0.116. The molecule has 2 heterocycles. The van der Waals surface area contributed by atoms with E-state index in [9.17, 15) is 9.18 Å². The van der Waals surface area contributed by atoms with Gasteiger partial charge in [0.2, 0.25) is 5.91 Å². The Balaban J connectivity index is 1.66. The van der Waals surface area contributed by atoms with Crippen LogP contribution in [0.3, 0.4) is 0 Å². The number of aryl methyl sites for hydroxylation is 1. The summed E-state index contributed by atoms with van der Waals surface area (Å²) in [5.41, 5.74) is 0.498. The van der Waals surface area contributed by atoms with E-state index in [0.717, 1.165) is 36.0 Å². The van der Waals surface area contributed by atoms with Crippen molar-refractivity contribution in [1.29, 1.82) is 0 Å². The van der Waals surface area contributed by atoms with E-state index in [1.807, 2.05) is 17.8 Å². The van der Waals surface area contributed by atoms with E-state index in [4.69, 9.17) is 0 Å². The van der Waals surface area contributed by atoms with Crippen LogP contribution in [0.25, 0.3) is 0 Å². The van der Waals surface area contributed by atoms with Gasteiger partial charge in [-0.1, -0.05) is 0 Å². The van der Waals surface area contributed by atoms with Crippen molar-refractivity contribution in [3.63, 3.8) is 0 Å². The van der Waals surface area contributed by atoms with E-state index in [2.05, 4.69) is 15.6 Å². The maximum absolute atomic E-state index is 13.6. The minimum Gasteiger partial charge on any atom is -0.329 e. The third-order valence-electron chi connectivity index (χ3n) is 4.14. The molecule has 0 aliphatic carbocycles. The lowest BCUT2D eigenvalue weighted by atomic mass is 10.0. The number of nitrogens with one attached hydrogen (secondary N) is 2. The van der Waals surface area contributed by atoms with Crippen molar-refractivity contribution in [2.24, 2.45) is 13.0 Å². The number of anilines is 1. The van der Waals surface area contributed by atoms with Crippen molar-refractivity contribution in [3.8, 4) is 0 Å². The molecule has 1 atom stereocenters. The number of aromatic nitrogens is 2. The minimum atomic E-state index is -0.366. The van der Waals surface area contributed by atoms with Crippen molar-refractivity contribution < 1.29 is 9.18 Å². The standard InChI is InChI=1S/C17H21FN4OS/c1-22-9-8-20-17(22)24-15-4-3-13(18)10-14(15)21-16(23)5-2-12-6-7-19-11-12/h3-4,8-10,12,19H,2,5-7,11H2,1H3,(H,21,23). The average molecular weight is 348 g/mol. The first-order valence-corrected chi connectivity index (χ1v) is 8.89. The third-order valence-corrected chi connectivity index (χ3v) is 5.29. The Morgan fingerprint density at radius 1 is 1.54 bits per heavy atom. The SMILES string of the molecule is Cn1ccnc1Sc1ccc(F)cc1NC(=O)CCC1CCNC1. The van der Waals surface area contributed by atoms with E-state index in [1.165, 1.54) is 23.9 Å². The molecule has 1 aromatic heterocycles. The molecule has 1 aromatic carbocycles. The largest absolute Gasteiger partial charge is 0.329 e. The Labute approximate surface area is 145 Å². The molecule has 0 spiro atoms. The van der Waals surface area contributed by atoms with Gasteiger partial charge in [-0.3, -0.25) is 4.79 Å². The Bertz CT molecular complexity index is 712. The van der Waals surface area contributed by atoms with E-state index in [1.54, 1.807) is 12.3 Å². The van der Waals surface area contributed by atoms with Crippen molar-refractivity contribution in [2.45, 2.75) is 29.3 Å². The zero-order valence-corrected chi connectivity index (χ0v) is 14.4. The number of nitrogens with zero attached hydrogens (tertiary/aromatic N) is 2. The van der Waals surface area contributed by atoms with Gasteiger partial charge in [0.05, 0.1) is 5.69 Å². The summed E-state index contributed by atoms with van der Waals surface area (Å²) in [5, 5.41) is 6.93. The highest BCUT2D eigenvalue weighted by molar-refractivity contribution is 7.99. The van der Waals surface area contributed by atoms with Crippen LogP contribution in [0.15, 0.2) is 40.6 Å². The molecule has 0 saturated carbocycles. The summed E-state index contributed by atoms with van der Waals surface area (Å²) in [5.74, 6) is 0.119. The maximum atomic E-state index is 13.6. The summed E-state index contributed by atoms with van der Waals surface area (Å²) in [6.45, 7) is 2.01. The lowest BCUT2D eigenvalue weighted by Gasteiger charge is -2.12. The van der Waals surface area contributed by atoms with E-state index in [0.29, 0.717) is 18.0 Å². The molecular weight excluding hydrogens is 327 g/mol. The molecule has 24 heavy (non-hydrogen) atoms. The second-order valence-corrected chi connectivity index (χ2v) is 7.02. The summed E-state index contributed by atoms with van der Waals surface area (Å²) in [7, 11) is 1.90. The number of carbonyl (C=O) groups is 1. The van der Waals surface area contributed by atoms with Crippen LogP contribution in [0.5, 0.6) is 0 Å². The highest BCUT2D eigenvalue weighted by atomic mass is 32.2. The maximum Gasteiger partial charge on any atom is 0.224 e. The van der Waals surface area contributed by atoms with Crippen LogP contribution >= 0.6 is 11.8 Å². The number of amides is 1. The van der Waals surface area contributed by atoms with E-state index in [-0.39, 0.29) is 11.7 Å². The molecule has 2 aromatic rings. The van der Waals surface area contributed by atoms with Crippen LogP contribution in [-0.4, -0.2) is 28.5 Å². The molecule has 7 heteroatoms. The van der Waals surface area contributed by atoms with Crippen molar-refractivity contribution in [2.75, 3.05) is 18.4 Å². The summed E-state index contributed by atoms with van der Waals surface area (Å²) in [6, 6.07) is 4.43.